The minimum absolute atomic E-state index is 0.329. The Morgan fingerprint density at radius 3 is 2.83 bits per heavy atom. The van der Waals surface area contributed by atoms with Crippen molar-refractivity contribution in [3.05, 3.63) is 24.4 Å². The average molecular weight is 245 g/mol. The Morgan fingerprint density at radius 2 is 2.11 bits per heavy atom. The van der Waals surface area contributed by atoms with Crippen molar-refractivity contribution < 1.29 is 5.11 Å². The Kier molecular flexibility index (Phi) is 2.96. The van der Waals surface area contributed by atoms with E-state index in [0.717, 1.165) is 25.9 Å². The Labute approximate surface area is 107 Å². The zero-order valence-electron chi connectivity index (χ0n) is 10.7. The van der Waals surface area contributed by atoms with Crippen LogP contribution in [0.15, 0.2) is 24.4 Å². The van der Waals surface area contributed by atoms with Crippen LogP contribution in [0.4, 0.5) is 5.69 Å². The second-order valence-electron chi connectivity index (χ2n) is 5.12. The second kappa shape index (κ2) is 4.61. The van der Waals surface area contributed by atoms with Crippen molar-refractivity contribution >= 4 is 16.6 Å². The zero-order valence-corrected chi connectivity index (χ0v) is 10.7. The number of hydrogen-bond donors (Lipinski definition) is 1. The van der Waals surface area contributed by atoms with Gasteiger partial charge in [-0.1, -0.05) is 0 Å². The van der Waals surface area contributed by atoms with Gasteiger partial charge in [-0.25, -0.2) is 0 Å². The van der Waals surface area contributed by atoms with Crippen molar-refractivity contribution in [2.75, 3.05) is 24.6 Å². The van der Waals surface area contributed by atoms with Gasteiger partial charge in [0.2, 0.25) is 0 Å². The Bertz CT molecular complexity index is 541. The predicted octanol–water partition coefficient (Wildman–Crippen LogP) is 1.78. The number of fused-ring (bicyclic) bond motifs is 1. The van der Waals surface area contributed by atoms with E-state index in [1.807, 2.05) is 17.9 Å². The van der Waals surface area contributed by atoms with Crippen molar-refractivity contribution in [1.82, 2.24) is 9.78 Å². The van der Waals surface area contributed by atoms with Gasteiger partial charge in [0, 0.05) is 37.8 Å². The normalized spacial score (nSPS) is 17.6. The van der Waals surface area contributed by atoms with Crippen LogP contribution in [0.2, 0.25) is 0 Å². The summed E-state index contributed by atoms with van der Waals surface area (Å²) in [6.07, 6.45) is 4.09. The van der Waals surface area contributed by atoms with Gasteiger partial charge in [0.05, 0.1) is 11.7 Å². The number of aromatic nitrogens is 2. The van der Waals surface area contributed by atoms with Gasteiger partial charge in [0.15, 0.2) is 0 Å². The van der Waals surface area contributed by atoms with Crippen molar-refractivity contribution in [2.45, 2.75) is 12.8 Å². The molecular formula is C14H19N3O. The van der Waals surface area contributed by atoms with Crippen molar-refractivity contribution in [1.29, 1.82) is 0 Å². The van der Waals surface area contributed by atoms with E-state index in [1.165, 1.54) is 16.6 Å². The molecule has 0 amide bonds. The van der Waals surface area contributed by atoms with Crippen LogP contribution < -0.4 is 4.90 Å². The number of rotatable bonds is 2. The molecule has 1 aliphatic rings. The highest BCUT2D eigenvalue weighted by Crippen LogP contribution is 2.26. The first-order chi connectivity index (χ1) is 8.78. The minimum Gasteiger partial charge on any atom is -0.396 e. The lowest BCUT2D eigenvalue weighted by Crippen LogP contribution is -2.34. The molecule has 96 valence electrons. The number of anilines is 1. The molecule has 3 rings (SSSR count). The molecule has 4 nitrogen and oxygen atoms in total. The van der Waals surface area contributed by atoms with Gasteiger partial charge in [0.25, 0.3) is 0 Å². The highest BCUT2D eigenvalue weighted by molar-refractivity contribution is 5.82. The van der Waals surface area contributed by atoms with E-state index in [9.17, 15) is 0 Å². The van der Waals surface area contributed by atoms with Crippen molar-refractivity contribution in [3.63, 3.8) is 0 Å². The number of hydrogen-bond acceptors (Lipinski definition) is 3. The number of aliphatic hydroxyl groups excluding tert-OH is 1. The van der Waals surface area contributed by atoms with Crippen LogP contribution in [-0.2, 0) is 7.05 Å². The van der Waals surface area contributed by atoms with E-state index >= 15 is 0 Å². The molecule has 0 bridgehead atoms. The molecule has 0 unspecified atom stereocenters. The summed E-state index contributed by atoms with van der Waals surface area (Å²) in [7, 11) is 1.97. The summed E-state index contributed by atoms with van der Waals surface area (Å²) < 4.78 is 1.90. The smallest absolute Gasteiger partial charge is 0.0680 e. The first-order valence-corrected chi connectivity index (χ1v) is 6.55. The van der Waals surface area contributed by atoms with Gasteiger partial charge in [-0.3, -0.25) is 4.68 Å². The first kappa shape index (κ1) is 11.5. The summed E-state index contributed by atoms with van der Waals surface area (Å²) in [4.78, 5) is 2.40. The van der Waals surface area contributed by atoms with Gasteiger partial charge in [-0.2, -0.15) is 5.10 Å². The fourth-order valence-corrected chi connectivity index (χ4v) is 2.72. The Balaban J connectivity index is 1.82. The van der Waals surface area contributed by atoms with Crippen molar-refractivity contribution in [2.24, 2.45) is 13.0 Å². The molecule has 18 heavy (non-hydrogen) atoms. The first-order valence-electron chi connectivity index (χ1n) is 6.55. The van der Waals surface area contributed by atoms with E-state index in [0.29, 0.717) is 12.5 Å². The molecule has 0 spiro atoms. The van der Waals surface area contributed by atoms with Crippen LogP contribution in [0, 0.1) is 5.92 Å². The minimum atomic E-state index is 0.329. The lowest BCUT2D eigenvalue weighted by Gasteiger charge is -2.32. The van der Waals surface area contributed by atoms with Crippen LogP contribution in [0.25, 0.3) is 10.9 Å². The monoisotopic (exact) mass is 245 g/mol. The summed E-state index contributed by atoms with van der Waals surface area (Å²) >= 11 is 0. The van der Waals surface area contributed by atoms with E-state index in [-0.39, 0.29) is 0 Å². The third-order valence-electron chi connectivity index (χ3n) is 3.97. The number of piperidine rings is 1. The maximum atomic E-state index is 9.16. The van der Waals surface area contributed by atoms with E-state index < -0.39 is 0 Å². The van der Waals surface area contributed by atoms with Gasteiger partial charge >= 0.3 is 0 Å². The van der Waals surface area contributed by atoms with Crippen LogP contribution in [0.3, 0.4) is 0 Å². The maximum Gasteiger partial charge on any atom is 0.0680 e. The number of aliphatic hydroxyl groups is 1. The van der Waals surface area contributed by atoms with E-state index in [2.05, 4.69) is 28.2 Å². The maximum absolute atomic E-state index is 9.16. The highest BCUT2D eigenvalue weighted by atomic mass is 16.3. The summed E-state index contributed by atoms with van der Waals surface area (Å²) in [5.41, 5.74) is 2.44. The Hall–Kier alpha value is -1.55. The molecule has 1 aliphatic heterocycles. The summed E-state index contributed by atoms with van der Waals surface area (Å²) in [5.74, 6) is 0.489. The predicted molar refractivity (Wildman–Crippen MR) is 72.7 cm³/mol. The highest BCUT2D eigenvalue weighted by Gasteiger charge is 2.18. The standard InChI is InChI=1S/C14H19N3O/c1-16-14-3-2-13(8-12(14)9-15-16)17-6-4-11(10-18)5-7-17/h2-3,8-9,11,18H,4-7,10H2,1H3. The lowest BCUT2D eigenvalue weighted by atomic mass is 9.97. The Morgan fingerprint density at radius 1 is 1.33 bits per heavy atom. The molecule has 2 aromatic rings. The largest absolute Gasteiger partial charge is 0.396 e. The van der Waals surface area contributed by atoms with Crippen molar-refractivity contribution in [3.8, 4) is 0 Å². The molecule has 0 radical (unpaired) electrons. The third-order valence-corrected chi connectivity index (χ3v) is 3.97. The van der Waals surface area contributed by atoms with Gasteiger partial charge in [0.1, 0.15) is 0 Å². The molecule has 1 fully saturated rings. The van der Waals surface area contributed by atoms with Gasteiger partial charge in [-0.15, -0.1) is 0 Å². The number of benzene rings is 1. The van der Waals surface area contributed by atoms with E-state index in [4.69, 9.17) is 5.11 Å². The third kappa shape index (κ3) is 1.97. The van der Waals surface area contributed by atoms with Crippen LogP contribution in [-0.4, -0.2) is 34.6 Å². The fourth-order valence-electron chi connectivity index (χ4n) is 2.72. The molecule has 1 N–H and O–H groups in total. The lowest BCUT2D eigenvalue weighted by molar-refractivity contribution is 0.203. The molecule has 4 heteroatoms. The molecule has 0 aliphatic carbocycles. The molecule has 2 heterocycles. The molecule has 0 saturated carbocycles. The van der Waals surface area contributed by atoms with Gasteiger partial charge in [-0.05, 0) is 37.0 Å². The molecule has 0 atom stereocenters. The summed E-state index contributed by atoms with van der Waals surface area (Å²) in [5, 5.41) is 14.6. The van der Waals surface area contributed by atoms with E-state index in [1.54, 1.807) is 0 Å². The second-order valence-corrected chi connectivity index (χ2v) is 5.12. The van der Waals surface area contributed by atoms with Crippen LogP contribution >= 0.6 is 0 Å². The average Bonchev–Trinajstić information content (AvgIpc) is 2.80. The molecule has 1 aromatic carbocycles. The van der Waals surface area contributed by atoms with Crippen LogP contribution in [0.1, 0.15) is 12.8 Å². The topological polar surface area (TPSA) is 41.3 Å². The molecular weight excluding hydrogens is 226 g/mol. The number of nitrogens with zero attached hydrogens (tertiary/aromatic N) is 3. The molecule has 1 aromatic heterocycles. The quantitative estimate of drug-likeness (QED) is 0.877. The van der Waals surface area contributed by atoms with Gasteiger partial charge < -0.3 is 10.0 Å². The number of aryl methyl sites for hydroxylation is 1. The summed E-state index contributed by atoms with van der Waals surface area (Å²) in [6, 6.07) is 6.51. The zero-order chi connectivity index (χ0) is 12.5. The van der Waals surface area contributed by atoms with Crippen LogP contribution in [0.5, 0.6) is 0 Å². The summed E-state index contributed by atoms with van der Waals surface area (Å²) in [6.45, 7) is 2.41. The molecule has 1 saturated heterocycles. The SMILES string of the molecule is Cn1ncc2cc(N3CCC(CO)CC3)ccc21. The fraction of sp³-hybridized carbons (Fsp3) is 0.500.